The average molecular weight is 699 g/mol. The van der Waals surface area contributed by atoms with Crippen molar-refractivity contribution in [3.05, 3.63) is 186 Å². The average Bonchev–Trinajstić information content (AvgIpc) is 3.79. The lowest BCUT2D eigenvalue weighted by atomic mass is 9.98. The smallest absolute Gasteiger partial charge is 0.170 e. The molecule has 0 radical (unpaired) electrons. The van der Waals surface area contributed by atoms with Gasteiger partial charge in [-0.1, -0.05) is 129 Å². The quantitative estimate of drug-likeness (QED) is 0.172. The zero-order chi connectivity index (χ0) is 36.0. The molecular formula is C49H38N4O. The predicted molar refractivity (Wildman–Crippen MR) is 224 cm³/mol. The highest BCUT2D eigenvalue weighted by Gasteiger charge is 2.24. The number of unbranched alkanes of at least 4 members (excludes halogenated alkanes) is 1. The first kappa shape index (κ1) is 32.0. The number of nitrogens with one attached hydrogen (secondary N) is 1. The summed E-state index contributed by atoms with van der Waals surface area (Å²) in [5, 5.41) is 8.08. The van der Waals surface area contributed by atoms with E-state index in [9.17, 15) is 0 Å². The van der Waals surface area contributed by atoms with E-state index in [0.29, 0.717) is 0 Å². The molecule has 1 aliphatic heterocycles. The number of hydrogen-bond donors (Lipinski definition) is 1. The highest BCUT2D eigenvalue weighted by Crippen LogP contribution is 2.40. The van der Waals surface area contributed by atoms with E-state index in [1.807, 2.05) is 48.5 Å². The Morgan fingerprint density at radius 2 is 1.20 bits per heavy atom. The lowest BCUT2D eigenvalue weighted by Crippen LogP contribution is -2.36. The molecule has 5 nitrogen and oxygen atoms in total. The molecule has 0 saturated carbocycles. The first-order chi connectivity index (χ1) is 26.7. The molecule has 9 aromatic rings. The van der Waals surface area contributed by atoms with Gasteiger partial charge in [-0.2, -0.15) is 0 Å². The zero-order valence-corrected chi connectivity index (χ0v) is 30.0. The molecule has 7 aromatic carbocycles. The van der Waals surface area contributed by atoms with E-state index in [1.165, 1.54) is 45.9 Å². The fourth-order valence-corrected chi connectivity index (χ4v) is 7.95. The number of amidine groups is 2. The van der Waals surface area contributed by atoms with Gasteiger partial charge in [0.2, 0.25) is 0 Å². The number of aliphatic imine (C=N–C) groups is 2. The van der Waals surface area contributed by atoms with Crippen molar-refractivity contribution >= 4 is 55.4 Å². The predicted octanol–water partition coefficient (Wildman–Crippen LogP) is 12.2. The summed E-state index contributed by atoms with van der Waals surface area (Å²) in [6.45, 7) is 2.25. The van der Waals surface area contributed by atoms with Crippen molar-refractivity contribution in [3.8, 4) is 16.8 Å². The Balaban J connectivity index is 1.10. The molecular weight excluding hydrogens is 661 g/mol. The van der Waals surface area contributed by atoms with Crippen molar-refractivity contribution in [3.63, 3.8) is 0 Å². The van der Waals surface area contributed by atoms with Crippen molar-refractivity contribution in [2.24, 2.45) is 9.98 Å². The second kappa shape index (κ2) is 13.4. The number of nitrogens with zero attached hydrogens (tertiary/aromatic N) is 3. The monoisotopic (exact) mass is 698 g/mol. The van der Waals surface area contributed by atoms with Gasteiger partial charge < -0.3 is 14.3 Å². The van der Waals surface area contributed by atoms with E-state index in [2.05, 4.69) is 132 Å². The molecule has 2 aromatic heterocycles. The molecule has 1 N–H and O–H groups in total. The molecule has 10 rings (SSSR count). The minimum Gasteiger partial charge on any atom is -0.456 e. The topological polar surface area (TPSA) is 54.8 Å². The van der Waals surface area contributed by atoms with Crippen molar-refractivity contribution < 1.29 is 4.42 Å². The normalized spacial score (nSPS) is 13.4. The maximum absolute atomic E-state index is 6.49. The van der Waals surface area contributed by atoms with Gasteiger partial charge in [0.15, 0.2) is 6.17 Å². The summed E-state index contributed by atoms with van der Waals surface area (Å²) < 4.78 is 8.89. The number of rotatable bonds is 8. The number of aromatic nitrogens is 1. The van der Waals surface area contributed by atoms with Crippen LogP contribution >= 0.6 is 0 Å². The molecule has 0 amide bonds. The second-order valence-electron chi connectivity index (χ2n) is 14.1. The third-order valence-electron chi connectivity index (χ3n) is 10.7. The fraction of sp³-hybridized carbons (Fsp3) is 0.102. The Morgan fingerprint density at radius 3 is 1.93 bits per heavy atom. The van der Waals surface area contributed by atoms with Crippen LogP contribution in [-0.4, -0.2) is 16.2 Å². The standard InChI is InChI=1S/C49H38N4O/c1-2-3-13-32-22-26-37(27-23-32)53-42-20-11-10-18-38(42)40-30-35(24-28-43(40)53)36-25-29-44-41(31-36)46-39(19-12-21-45(46)54-44)49-51-47(33-14-6-4-7-15-33)50-48(52-49)34-16-8-5-9-17-34/h4-12,14-31,49H,2-3,13H2,1H3,(H,50,51,52). The van der Waals surface area contributed by atoms with Crippen LogP contribution in [0.15, 0.2) is 178 Å². The number of aryl methyl sites for hydroxylation is 1. The van der Waals surface area contributed by atoms with Gasteiger partial charge in [-0.25, -0.2) is 9.98 Å². The Hall–Kier alpha value is -6.72. The van der Waals surface area contributed by atoms with Gasteiger partial charge in [0.05, 0.1) is 11.0 Å². The van der Waals surface area contributed by atoms with E-state index in [0.717, 1.165) is 67.8 Å². The fourth-order valence-electron chi connectivity index (χ4n) is 7.95. The van der Waals surface area contributed by atoms with Crippen LogP contribution in [0.2, 0.25) is 0 Å². The largest absolute Gasteiger partial charge is 0.456 e. The summed E-state index contributed by atoms with van der Waals surface area (Å²) in [4.78, 5) is 10.4. The summed E-state index contributed by atoms with van der Waals surface area (Å²) in [6.07, 6.45) is 3.07. The molecule has 0 aliphatic carbocycles. The highest BCUT2D eigenvalue weighted by atomic mass is 16.3. The maximum Gasteiger partial charge on any atom is 0.170 e. The Bertz CT molecular complexity index is 2830. The SMILES string of the molecule is CCCCc1ccc(-n2c3ccccc3c3cc(-c4ccc5oc6cccc(C7N=C(c8ccccc8)NC(c8ccccc8)=N7)c6c5c4)ccc32)cc1. The molecule has 3 heterocycles. The molecule has 0 fully saturated rings. The molecule has 0 atom stereocenters. The lowest BCUT2D eigenvalue weighted by molar-refractivity contribution is 0.667. The third kappa shape index (κ3) is 5.57. The minimum atomic E-state index is -0.465. The van der Waals surface area contributed by atoms with Crippen molar-refractivity contribution in [1.82, 2.24) is 9.88 Å². The Morgan fingerprint density at radius 1 is 0.556 bits per heavy atom. The van der Waals surface area contributed by atoms with Crippen molar-refractivity contribution in [1.29, 1.82) is 0 Å². The van der Waals surface area contributed by atoms with Crippen LogP contribution < -0.4 is 5.32 Å². The molecule has 0 unspecified atom stereocenters. The van der Waals surface area contributed by atoms with Crippen LogP contribution in [0.4, 0.5) is 0 Å². The Labute approximate surface area is 313 Å². The van der Waals surface area contributed by atoms with E-state index in [1.54, 1.807) is 0 Å². The molecule has 54 heavy (non-hydrogen) atoms. The molecule has 0 spiro atoms. The van der Waals surface area contributed by atoms with Crippen molar-refractivity contribution in [2.45, 2.75) is 32.4 Å². The molecule has 0 bridgehead atoms. The molecule has 0 saturated heterocycles. The van der Waals surface area contributed by atoms with Crippen LogP contribution in [0.3, 0.4) is 0 Å². The number of para-hydroxylation sites is 1. The van der Waals surface area contributed by atoms with E-state index in [4.69, 9.17) is 14.4 Å². The summed E-state index contributed by atoms with van der Waals surface area (Å²) in [7, 11) is 0. The van der Waals surface area contributed by atoms with Gasteiger partial charge in [0, 0.05) is 43.9 Å². The Kier molecular flexibility index (Phi) is 7.91. The number of fused-ring (bicyclic) bond motifs is 6. The van der Waals surface area contributed by atoms with E-state index in [-0.39, 0.29) is 0 Å². The summed E-state index contributed by atoms with van der Waals surface area (Å²) in [6, 6.07) is 57.9. The van der Waals surface area contributed by atoms with Gasteiger partial charge in [0.25, 0.3) is 0 Å². The van der Waals surface area contributed by atoms with Gasteiger partial charge in [-0.3, -0.25) is 0 Å². The summed E-state index contributed by atoms with van der Waals surface area (Å²) in [5.74, 6) is 1.58. The van der Waals surface area contributed by atoms with Crippen LogP contribution in [0.5, 0.6) is 0 Å². The number of furan rings is 1. The first-order valence-corrected chi connectivity index (χ1v) is 18.8. The third-order valence-corrected chi connectivity index (χ3v) is 10.7. The highest BCUT2D eigenvalue weighted by molar-refractivity contribution is 6.16. The first-order valence-electron chi connectivity index (χ1n) is 18.8. The number of hydrogen-bond acceptors (Lipinski definition) is 4. The van der Waals surface area contributed by atoms with E-state index < -0.39 is 6.17 Å². The van der Waals surface area contributed by atoms with Crippen molar-refractivity contribution in [2.75, 3.05) is 0 Å². The van der Waals surface area contributed by atoms with Crippen LogP contribution in [-0.2, 0) is 6.42 Å². The maximum atomic E-state index is 6.49. The summed E-state index contributed by atoms with van der Waals surface area (Å²) >= 11 is 0. The molecule has 260 valence electrons. The summed E-state index contributed by atoms with van der Waals surface area (Å²) in [5.41, 5.74) is 12.0. The van der Waals surface area contributed by atoms with Crippen LogP contribution in [0.25, 0.3) is 60.6 Å². The minimum absolute atomic E-state index is 0.465. The van der Waals surface area contributed by atoms with Gasteiger partial charge in [-0.05, 0) is 78.1 Å². The molecule has 5 heteroatoms. The van der Waals surface area contributed by atoms with Gasteiger partial charge >= 0.3 is 0 Å². The number of benzene rings is 7. The van der Waals surface area contributed by atoms with Gasteiger partial charge in [0.1, 0.15) is 22.8 Å². The molecule has 1 aliphatic rings. The van der Waals surface area contributed by atoms with Gasteiger partial charge in [-0.15, -0.1) is 0 Å². The lowest BCUT2D eigenvalue weighted by Gasteiger charge is -2.22. The van der Waals surface area contributed by atoms with Crippen LogP contribution in [0.1, 0.15) is 48.2 Å². The van der Waals surface area contributed by atoms with E-state index >= 15 is 0 Å². The zero-order valence-electron chi connectivity index (χ0n) is 30.0. The second-order valence-corrected chi connectivity index (χ2v) is 14.1. The van der Waals surface area contributed by atoms with Crippen LogP contribution in [0, 0.1) is 0 Å².